The van der Waals surface area contributed by atoms with Crippen LogP contribution in [0.2, 0.25) is 0 Å². The zero-order valence-electron chi connectivity index (χ0n) is 69.4. The Kier molecular flexibility index (Phi) is 73.4. The van der Waals surface area contributed by atoms with Gasteiger partial charge in [0, 0.05) is 25.7 Å². The minimum atomic E-state index is -4.96. The topological polar surface area (TPSA) is 237 Å². The van der Waals surface area contributed by atoms with Gasteiger partial charge in [-0.1, -0.05) is 396 Å². The molecule has 3 N–H and O–H groups in total. The zero-order valence-corrected chi connectivity index (χ0v) is 71.2. The number of phosphoric acid groups is 2. The summed E-state index contributed by atoms with van der Waals surface area (Å²) in [6.45, 7) is 14.3. The first-order chi connectivity index (χ1) is 50.7. The highest BCUT2D eigenvalue weighted by Gasteiger charge is 2.31. The molecule has 0 saturated carbocycles. The van der Waals surface area contributed by atoms with Crippen molar-refractivity contribution < 1.29 is 80.2 Å². The predicted octanol–water partition coefficient (Wildman–Crippen LogP) is 25.9. The highest BCUT2D eigenvalue weighted by molar-refractivity contribution is 7.47. The van der Waals surface area contributed by atoms with Crippen LogP contribution in [0.25, 0.3) is 0 Å². The number of hydrogen-bond donors (Lipinski definition) is 3. The van der Waals surface area contributed by atoms with Gasteiger partial charge in [-0.05, 0) is 49.4 Å². The van der Waals surface area contributed by atoms with Gasteiger partial charge < -0.3 is 33.8 Å². The molecule has 0 spiro atoms. The van der Waals surface area contributed by atoms with Crippen LogP contribution in [0.5, 0.6) is 0 Å². The highest BCUT2D eigenvalue weighted by Crippen LogP contribution is 2.45. The largest absolute Gasteiger partial charge is 0.472 e. The summed E-state index contributed by atoms with van der Waals surface area (Å²) in [4.78, 5) is 73.1. The van der Waals surface area contributed by atoms with Crippen molar-refractivity contribution >= 4 is 39.5 Å². The van der Waals surface area contributed by atoms with Crippen molar-refractivity contribution in [3.05, 3.63) is 0 Å². The van der Waals surface area contributed by atoms with E-state index >= 15 is 0 Å². The molecule has 0 fully saturated rings. The Hall–Kier alpha value is -1.94. The van der Waals surface area contributed by atoms with E-state index in [0.717, 1.165) is 120 Å². The SMILES string of the molecule is CCC(C)CCCCCCCCCCCCCCCCCCCCC(=O)O[C@H](COC(=O)CCCCCCCCCCCC(C)C)COP(=O)(O)OC[C@@H](O)COP(=O)(O)OC[C@@H](COC(=O)CCCCCCCCC(C)CC)OC(=O)CCCCCCCCCCCCCCCCCCCCC(C)C. The van der Waals surface area contributed by atoms with Crippen LogP contribution in [0.1, 0.15) is 447 Å². The lowest BCUT2D eigenvalue weighted by Crippen LogP contribution is -2.30. The first-order valence-corrected chi connectivity index (χ1v) is 47.3. The Morgan fingerprint density at radius 2 is 0.457 bits per heavy atom. The molecule has 0 aliphatic rings. The highest BCUT2D eigenvalue weighted by atomic mass is 31.2. The molecule has 0 aromatic rings. The Morgan fingerprint density at radius 3 is 0.676 bits per heavy atom. The fraction of sp³-hybridized carbons (Fsp3) is 0.953. The number of carbonyl (C=O) groups is 4. The van der Waals surface area contributed by atoms with Crippen molar-refractivity contribution in [2.45, 2.75) is 465 Å². The number of aliphatic hydroxyl groups is 1. The maximum atomic E-state index is 13.1. The summed E-state index contributed by atoms with van der Waals surface area (Å²) in [5.74, 6) is 1.06. The van der Waals surface area contributed by atoms with Gasteiger partial charge in [-0.25, -0.2) is 9.13 Å². The lowest BCUT2D eigenvalue weighted by Gasteiger charge is -2.21. The number of rotatable bonds is 83. The van der Waals surface area contributed by atoms with Crippen molar-refractivity contribution in [3.63, 3.8) is 0 Å². The standard InChI is InChI=1S/C86H168O17P2/c1-9-78(7)64-56-48-40-34-28-24-20-16-12-14-18-22-26-30-36-43-52-60-68-85(90)102-81(72-96-83(88)66-58-50-41-37-31-33-39-47-55-63-77(5)6)74-100-104(92,93)98-70-80(87)71-99-105(94,95)101-75-82(73-97-84(89)67-59-51-45-44-49-57-65-79(8)10-2)103-86(91)69-61-53-42-35-29-25-21-17-13-11-15-19-23-27-32-38-46-54-62-76(3)4/h76-82,87H,9-75H2,1-8H3,(H,92,93)(H,94,95)/t78?,79?,80-,81-,82-/m1/s1. The molecule has 105 heavy (non-hydrogen) atoms. The average Bonchev–Trinajstić information content (AvgIpc) is 0.927. The van der Waals surface area contributed by atoms with Crippen molar-refractivity contribution in [2.75, 3.05) is 39.6 Å². The number of unbranched alkanes of at least 4 members (excludes halogenated alkanes) is 47. The molecule has 0 aromatic heterocycles. The molecular formula is C86H168O17P2. The summed E-state index contributed by atoms with van der Waals surface area (Å²) in [5, 5.41) is 10.7. The van der Waals surface area contributed by atoms with E-state index in [4.69, 9.17) is 37.0 Å². The third-order valence-electron chi connectivity index (χ3n) is 20.8. The quantitative estimate of drug-likeness (QED) is 0.0222. The van der Waals surface area contributed by atoms with Gasteiger partial charge in [0.05, 0.1) is 26.4 Å². The van der Waals surface area contributed by atoms with Crippen LogP contribution < -0.4 is 0 Å². The fourth-order valence-electron chi connectivity index (χ4n) is 13.3. The molecule has 0 rings (SSSR count). The number of carbonyl (C=O) groups excluding carboxylic acids is 4. The first-order valence-electron chi connectivity index (χ1n) is 44.3. The maximum absolute atomic E-state index is 13.1. The zero-order chi connectivity index (χ0) is 77.4. The van der Waals surface area contributed by atoms with Crippen LogP contribution in [0.3, 0.4) is 0 Å². The van der Waals surface area contributed by atoms with Gasteiger partial charge in [-0.2, -0.15) is 0 Å². The molecule has 4 unspecified atom stereocenters. The average molecular weight is 1540 g/mol. The second-order valence-corrected chi connectivity index (χ2v) is 35.3. The van der Waals surface area contributed by atoms with Crippen LogP contribution in [-0.4, -0.2) is 96.7 Å². The molecule has 0 radical (unpaired) electrons. The summed E-state index contributed by atoms with van der Waals surface area (Å²) in [6, 6.07) is 0. The Morgan fingerprint density at radius 1 is 0.267 bits per heavy atom. The molecule has 17 nitrogen and oxygen atoms in total. The van der Waals surface area contributed by atoms with E-state index in [2.05, 4.69) is 55.4 Å². The number of hydrogen-bond acceptors (Lipinski definition) is 15. The monoisotopic (exact) mass is 1540 g/mol. The first kappa shape index (κ1) is 103. The van der Waals surface area contributed by atoms with Crippen molar-refractivity contribution in [1.29, 1.82) is 0 Å². The molecule has 0 heterocycles. The molecule has 624 valence electrons. The summed E-state index contributed by atoms with van der Waals surface area (Å²) in [6.07, 6.45) is 64.0. The van der Waals surface area contributed by atoms with E-state index in [-0.39, 0.29) is 25.7 Å². The third-order valence-corrected chi connectivity index (χ3v) is 22.7. The van der Waals surface area contributed by atoms with E-state index in [9.17, 15) is 43.2 Å². The van der Waals surface area contributed by atoms with E-state index in [1.807, 2.05) is 0 Å². The molecule has 19 heteroatoms. The van der Waals surface area contributed by atoms with Crippen molar-refractivity contribution in [1.82, 2.24) is 0 Å². The van der Waals surface area contributed by atoms with Crippen LogP contribution in [0.4, 0.5) is 0 Å². The van der Waals surface area contributed by atoms with E-state index in [1.165, 1.54) is 244 Å². The molecule has 0 amide bonds. The summed E-state index contributed by atoms with van der Waals surface area (Å²) in [7, 11) is -9.93. The summed E-state index contributed by atoms with van der Waals surface area (Å²) in [5.41, 5.74) is 0. The number of esters is 4. The van der Waals surface area contributed by atoms with E-state index < -0.39 is 97.5 Å². The number of phosphoric ester groups is 2. The van der Waals surface area contributed by atoms with E-state index in [1.54, 1.807) is 0 Å². The molecule has 7 atom stereocenters. The van der Waals surface area contributed by atoms with Crippen LogP contribution >= 0.6 is 15.6 Å². The fourth-order valence-corrected chi connectivity index (χ4v) is 14.8. The number of aliphatic hydroxyl groups excluding tert-OH is 1. The van der Waals surface area contributed by atoms with Gasteiger partial charge in [-0.15, -0.1) is 0 Å². The molecule has 0 aromatic carbocycles. The summed E-state index contributed by atoms with van der Waals surface area (Å²) >= 11 is 0. The van der Waals surface area contributed by atoms with Crippen LogP contribution in [-0.2, 0) is 65.4 Å². The lowest BCUT2D eigenvalue weighted by atomic mass is 9.99. The second kappa shape index (κ2) is 74.8. The Bertz CT molecular complexity index is 2050. The predicted molar refractivity (Wildman–Crippen MR) is 432 cm³/mol. The van der Waals surface area contributed by atoms with Gasteiger partial charge in [-0.3, -0.25) is 37.3 Å². The number of ether oxygens (including phenoxy) is 4. The van der Waals surface area contributed by atoms with Gasteiger partial charge in [0.25, 0.3) is 0 Å². The smallest absolute Gasteiger partial charge is 0.462 e. The third kappa shape index (κ3) is 77.2. The van der Waals surface area contributed by atoms with Crippen molar-refractivity contribution in [2.24, 2.45) is 23.7 Å². The van der Waals surface area contributed by atoms with Gasteiger partial charge in [0.2, 0.25) is 0 Å². The second-order valence-electron chi connectivity index (χ2n) is 32.4. The molecular weight excluding hydrogens is 1370 g/mol. The molecule has 0 aliphatic carbocycles. The van der Waals surface area contributed by atoms with Crippen LogP contribution in [0, 0.1) is 23.7 Å². The minimum Gasteiger partial charge on any atom is -0.462 e. The van der Waals surface area contributed by atoms with Crippen molar-refractivity contribution in [3.8, 4) is 0 Å². The normalized spacial score (nSPS) is 14.4. The molecule has 0 bridgehead atoms. The Labute approximate surface area is 645 Å². The molecule has 0 aliphatic heterocycles. The van der Waals surface area contributed by atoms with Crippen LogP contribution in [0.15, 0.2) is 0 Å². The van der Waals surface area contributed by atoms with Gasteiger partial charge in [0.1, 0.15) is 19.3 Å². The maximum Gasteiger partial charge on any atom is 0.472 e. The lowest BCUT2D eigenvalue weighted by molar-refractivity contribution is -0.161. The van der Waals surface area contributed by atoms with Gasteiger partial charge >= 0.3 is 39.5 Å². The van der Waals surface area contributed by atoms with E-state index in [0.29, 0.717) is 25.7 Å². The van der Waals surface area contributed by atoms with Gasteiger partial charge in [0.15, 0.2) is 12.2 Å². The minimum absolute atomic E-state index is 0.107. The Balaban J connectivity index is 5.17. The molecule has 0 saturated heterocycles. The summed E-state index contributed by atoms with van der Waals surface area (Å²) < 4.78 is 68.8.